The molecule has 0 saturated heterocycles. The first-order valence-corrected chi connectivity index (χ1v) is 8.20. The second-order valence-electron chi connectivity index (χ2n) is 5.66. The maximum atomic E-state index is 13.2. The van der Waals surface area contributed by atoms with Crippen molar-refractivity contribution in [2.24, 2.45) is 0 Å². The van der Waals surface area contributed by atoms with Gasteiger partial charge in [-0.1, -0.05) is 24.3 Å². The van der Waals surface area contributed by atoms with E-state index in [0.29, 0.717) is 23.6 Å². The Morgan fingerprint density at radius 2 is 1.73 bits per heavy atom. The Labute approximate surface area is 152 Å². The Hall–Kier alpha value is -3.34. The first-order valence-electron chi connectivity index (χ1n) is 8.20. The molecule has 0 radical (unpaired) electrons. The van der Waals surface area contributed by atoms with Crippen molar-refractivity contribution in [1.29, 1.82) is 0 Å². The molecular weight excluding hydrogens is 328 g/mol. The Bertz CT molecular complexity index is 867. The minimum absolute atomic E-state index is 0.124. The van der Waals surface area contributed by atoms with E-state index in [1.807, 2.05) is 42.5 Å². The molecule has 0 spiro atoms. The van der Waals surface area contributed by atoms with Crippen molar-refractivity contribution in [2.75, 3.05) is 19.1 Å². The van der Waals surface area contributed by atoms with Crippen molar-refractivity contribution in [1.82, 2.24) is 4.98 Å². The van der Waals surface area contributed by atoms with Gasteiger partial charge in [0, 0.05) is 23.6 Å². The van der Waals surface area contributed by atoms with Gasteiger partial charge in [-0.2, -0.15) is 0 Å². The van der Waals surface area contributed by atoms with Crippen LogP contribution in [0.15, 0.2) is 73.1 Å². The SMILES string of the molecule is COc1ccc(C(=O)N(Cc2cccnc2)c2ccccc2)cc1OC. The standard InChI is InChI=1S/C21H20N2O3/c1-25-19-11-10-17(13-20(19)26-2)21(24)23(18-8-4-3-5-9-18)15-16-7-6-12-22-14-16/h3-14H,15H2,1-2H3. The number of aromatic nitrogens is 1. The molecule has 0 unspecified atom stereocenters. The number of amides is 1. The first-order chi connectivity index (χ1) is 12.7. The number of carbonyl (C=O) groups excluding carboxylic acids is 1. The number of nitrogens with zero attached hydrogens (tertiary/aromatic N) is 2. The molecule has 132 valence electrons. The van der Waals surface area contributed by atoms with Crippen molar-refractivity contribution < 1.29 is 14.3 Å². The highest BCUT2D eigenvalue weighted by molar-refractivity contribution is 6.06. The van der Waals surface area contributed by atoms with Gasteiger partial charge in [-0.15, -0.1) is 0 Å². The van der Waals surface area contributed by atoms with Crippen molar-refractivity contribution >= 4 is 11.6 Å². The molecule has 0 aliphatic carbocycles. The van der Waals surface area contributed by atoms with E-state index in [4.69, 9.17) is 9.47 Å². The zero-order chi connectivity index (χ0) is 18.4. The monoisotopic (exact) mass is 348 g/mol. The third-order valence-corrected chi connectivity index (χ3v) is 4.01. The number of benzene rings is 2. The summed E-state index contributed by atoms with van der Waals surface area (Å²) in [6.07, 6.45) is 3.48. The van der Waals surface area contributed by atoms with E-state index in [1.165, 1.54) is 0 Å². The summed E-state index contributed by atoms with van der Waals surface area (Å²) < 4.78 is 10.6. The molecule has 0 N–H and O–H groups in total. The van der Waals surface area contributed by atoms with Crippen LogP contribution in [0.2, 0.25) is 0 Å². The smallest absolute Gasteiger partial charge is 0.258 e. The number of anilines is 1. The molecule has 5 nitrogen and oxygen atoms in total. The van der Waals surface area contributed by atoms with E-state index in [9.17, 15) is 4.79 Å². The highest BCUT2D eigenvalue weighted by Gasteiger charge is 2.20. The molecule has 1 amide bonds. The minimum Gasteiger partial charge on any atom is -0.493 e. The summed E-state index contributed by atoms with van der Waals surface area (Å²) in [5.74, 6) is 0.983. The lowest BCUT2D eigenvalue weighted by Crippen LogP contribution is -2.30. The summed E-state index contributed by atoms with van der Waals surface area (Å²) >= 11 is 0. The first kappa shape index (κ1) is 17.5. The van der Waals surface area contributed by atoms with Gasteiger partial charge in [0.05, 0.1) is 20.8 Å². The van der Waals surface area contributed by atoms with Crippen LogP contribution in [0, 0.1) is 0 Å². The number of methoxy groups -OCH3 is 2. The lowest BCUT2D eigenvalue weighted by Gasteiger charge is -2.23. The summed E-state index contributed by atoms with van der Waals surface area (Å²) in [7, 11) is 3.12. The van der Waals surface area contributed by atoms with Crippen molar-refractivity contribution in [3.63, 3.8) is 0 Å². The zero-order valence-corrected chi connectivity index (χ0v) is 14.8. The lowest BCUT2D eigenvalue weighted by molar-refractivity contribution is 0.0984. The second-order valence-corrected chi connectivity index (χ2v) is 5.66. The van der Waals surface area contributed by atoms with E-state index in [0.717, 1.165) is 11.3 Å². The molecule has 0 bridgehead atoms. The maximum Gasteiger partial charge on any atom is 0.258 e. The van der Waals surface area contributed by atoms with Gasteiger partial charge >= 0.3 is 0 Å². The van der Waals surface area contributed by atoms with Crippen LogP contribution in [-0.4, -0.2) is 25.1 Å². The van der Waals surface area contributed by atoms with Gasteiger partial charge in [-0.05, 0) is 42.0 Å². The van der Waals surface area contributed by atoms with Gasteiger partial charge in [0.1, 0.15) is 0 Å². The lowest BCUT2D eigenvalue weighted by atomic mass is 10.1. The summed E-state index contributed by atoms with van der Waals surface area (Å²) in [5, 5.41) is 0. The Morgan fingerprint density at radius 1 is 0.962 bits per heavy atom. The predicted octanol–water partition coefficient (Wildman–Crippen LogP) is 3.95. The topological polar surface area (TPSA) is 51.7 Å². The van der Waals surface area contributed by atoms with Crippen molar-refractivity contribution in [3.8, 4) is 11.5 Å². The molecule has 0 aliphatic rings. The number of rotatable bonds is 6. The number of ether oxygens (including phenoxy) is 2. The van der Waals surface area contributed by atoms with Crippen LogP contribution in [0.1, 0.15) is 15.9 Å². The Morgan fingerprint density at radius 3 is 2.38 bits per heavy atom. The molecular formula is C21H20N2O3. The van der Waals surface area contributed by atoms with Gasteiger partial charge in [-0.25, -0.2) is 0 Å². The number of hydrogen-bond donors (Lipinski definition) is 0. The van der Waals surface area contributed by atoms with Crippen LogP contribution < -0.4 is 14.4 Å². The number of carbonyl (C=O) groups is 1. The maximum absolute atomic E-state index is 13.2. The predicted molar refractivity (Wildman–Crippen MR) is 101 cm³/mol. The average molecular weight is 348 g/mol. The third kappa shape index (κ3) is 3.83. The largest absolute Gasteiger partial charge is 0.493 e. The van der Waals surface area contributed by atoms with Crippen LogP contribution in [0.5, 0.6) is 11.5 Å². The highest BCUT2D eigenvalue weighted by atomic mass is 16.5. The van der Waals surface area contributed by atoms with Crippen LogP contribution in [0.25, 0.3) is 0 Å². The minimum atomic E-state index is -0.124. The van der Waals surface area contributed by atoms with Gasteiger partial charge in [0.15, 0.2) is 11.5 Å². The van der Waals surface area contributed by atoms with E-state index < -0.39 is 0 Å². The fourth-order valence-corrected chi connectivity index (χ4v) is 2.69. The molecule has 3 rings (SSSR count). The summed E-state index contributed by atoms with van der Waals surface area (Å²) in [4.78, 5) is 19.1. The molecule has 1 aromatic heterocycles. The molecule has 3 aromatic rings. The summed E-state index contributed by atoms with van der Waals surface area (Å²) in [6.45, 7) is 0.422. The molecule has 1 heterocycles. The molecule has 0 atom stereocenters. The fraction of sp³-hybridized carbons (Fsp3) is 0.143. The van der Waals surface area contributed by atoms with Gasteiger partial charge in [0.25, 0.3) is 5.91 Å². The van der Waals surface area contributed by atoms with Gasteiger partial charge < -0.3 is 14.4 Å². The van der Waals surface area contributed by atoms with Gasteiger partial charge in [0.2, 0.25) is 0 Å². The van der Waals surface area contributed by atoms with E-state index >= 15 is 0 Å². The zero-order valence-electron chi connectivity index (χ0n) is 14.8. The van der Waals surface area contributed by atoms with Crippen LogP contribution in [0.4, 0.5) is 5.69 Å². The van der Waals surface area contributed by atoms with Crippen LogP contribution in [0.3, 0.4) is 0 Å². The van der Waals surface area contributed by atoms with E-state index in [-0.39, 0.29) is 5.91 Å². The van der Waals surface area contributed by atoms with Crippen molar-refractivity contribution in [2.45, 2.75) is 6.54 Å². The van der Waals surface area contributed by atoms with Gasteiger partial charge in [-0.3, -0.25) is 9.78 Å². The molecule has 2 aromatic carbocycles. The molecule has 0 fully saturated rings. The third-order valence-electron chi connectivity index (χ3n) is 4.01. The summed E-state index contributed by atoms with van der Waals surface area (Å²) in [6, 6.07) is 18.5. The average Bonchev–Trinajstić information content (AvgIpc) is 2.72. The molecule has 5 heteroatoms. The fourth-order valence-electron chi connectivity index (χ4n) is 2.69. The highest BCUT2D eigenvalue weighted by Crippen LogP contribution is 2.29. The molecule has 0 saturated carbocycles. The Kier molecular flexibility index (Phi) is 5.49. The number of para-hydroxylation sites is 1. The number of hydrogen-bond acceptors (Lipinski definition) is 4. The molecule has 26 heavy (non-hydrogen) atoms. The van der Waals surface area contributed by atoms with E-state index in [2.05, 4.69) is 4.98 Å². The van der Waals surface area contributed by atoms with Crippen LogP contribution in [-0.2, 0) is 6.54 Å². The normalized spacial score (nSPS) is 10.2. The van der Waals surface area contributed by atoms with Crippen molar-refractivity contribution in [3.05, 3.63) is 84.2 Å². The quantitative estimate of drug-likeness (QED) is 0.677. The number of pyridine rings is 1. The summed E-state index contributed by atoms with van der Waals surface area (Å²) in [5.41, 5.74) is 2.29. The molecule has 0 aliphatic heterocycles. The second kappa shape index (κ2) is 8.16. The van der Waals surface area contributed by atoms with E-state index in [1.54, 1.807) is 49.7 Å². The Balaban J connectivity index is 1.97. The van der Waals surface area contributed by atoms with Crippen LogP contribution >= 0.6 is 0 Å².